The van der Waals surface area contributed by atoms with Crippen molar-refractivity contribution < 1.29 is 19.0 Å². The average molecular weight is 520 g/mol. The molecule has 190 valence electrons. The summed E-state index contributed by atoms with van der Waals surface area (Å²) in [6.07, 6.45) is 2.97. The second-order valence-corrected chi connectivity index (χ2v) is 9.33. The lowest BCUT2D eigenvalue weighted by atomic mass is 10.2. The third-order valence-electron chi connectivity index (χ3n) is 5.89. The van der Waals surface area contributed by atoms with Crippen LogP contribution in [0.15, 0.2) is 42.5 Å². The van der Waals surface area contributed by atoms with E-state index in [1.165, 1.54) is 11.3 Å². The molecule has 0 unspecified atom stereocenters. The van der Waals surface area contributed by atoms with Crippen LogP contribution in [0, 0.1) is 0 Å². The molecule has 35 heavy (non-hydrogen) atoms. The molecule has 0 saturated carbocycles. The van der Waals surface area contributed by atoms with E-state index in [1.807, 2.05) is 47.4 Å². The highest BCUT2D eigenvalue weighted by molar-refractivity contribution is 7.22. The van der Waals surface area contributed by atoms with Gasteiger partial charge in [-0.1, -0.05) is 24.7 Å². The van der Waals surface area contributed by atoms with Gasteiger partial charge in [-0.3, -0.25) is 14.6 Å². The number of nitrogens with zero attached hydrogens (tertiary/aromatic N) is 3. The summed E-state index contributed by atoms with van der Waals surface area (Å²) in [5.74, 6) is 1.52. The zero-order valence-corrected chi connectivity index (χ0v) is 22.0. The Kier molecular flexibility index (Phi) is 10.6. The predicted molar refractivity (Wildman–Crippen MR) is 144 cm³/mol. The third kappa shape index (κ3) is 7.30. The molecule has 1 fully saturated rings. The van der Waals surface area contributed by atoms with Crippen molar-refractivity contribution in [1.29, 1.82) is 0 Å². The van der Waals surface area contributed by atoms with Crippen LogP contribution in [-0.4, -0.2) is 68.9 Å². The van der Waals surface area contributed by atoms with Gasteiger partial charge in [0.2, 0.25) is 0 Å². The molecule has 0 radical (unpaired) electrons. The Morgan fingerprint density at radius 3 is 2.57 bits per heavy atom. The first-order valence-electron chi connectivity index (χ1n) is 12.0. The molecule has 0 bridgehead atoms. The van der Waals surface area contributed by atoms with E-state index in [9.17, 15) is 4.79 Å². The number of thiazole rings is 1. The smallest absolute Gasteiger partial charge is 0.260 e. The number of halogens is 1. The molecule has 1 aromatic heterocycles. The minimum Gasteiger partial charge on any atom is -0.497 e. The van der Waals surface area contributed by atoms with Crippen molar-refractivity contribution in [1.82, 2.24) is 9.88 Å². The molecule has 0 N–H and O–H groups in total. The number of anilines is 1. The number of aromatic nitrogens is 1. The number of methoxy groups -OCH3 is 1. The third-order valence-corrected chi connectivity index (χ3v) is 6.93. The molecule has 1 aliphatic heterocycles. The van der Waals surface area contributed by atoms with Gasteiger partial charge in [-0.25, -0.2) is 4.98 Å². The van der Waals surface area contributed by atoms with Crippen LogP contribution in [-0.2, 0) is 4.74 Å². The monoisotopic (exact) mass is 519 g/mol. The number of unbranched alkanes of at least 4 members (excludes halogenated alkanes) is 1. The maximum absolute atomic E-state index is 13.6. The molecule has 0 atom stereocenters. The fraction of sp³-hybridized carbons (Fsp3) is 0.462. The summed E-state index contributed by atoms with van der Waals surface area (Å²) in [5.41, 5.74) is 1.50. The van der Waals surface area contributed by atoms with Gasteiger partial charge < -0.3 is 14.2 Å². The average Bonchev–Trinajstić information content (AvgIpc) is 3.30. The van der Waals surface area contributed by atoms with E-state index in [2.05, 4.69) is 11.8 Å². The van der Waals surface area contributed by atoms with Crippen molar-refractivity contribution in [2.75, 3.05) is 58.0 Å². The van der Waals surface area contributed by atoms with Crippen molar-refractivity contribution in [2.45, 2.75) is 26.2 Å². The van der Waals surface area contributed by atoms with E-state index in [0.717, 1.165) is 73.8 Å². The molecule has 3 aromatic rings. The minimum absolute atomic E-state index is 0. The summed E-state index contributed by atoms with van der Waals surface area (Å²) in [6.45, 7) is 7.77. The van der Waals surface area contributed by atoms with Crippen molar-refractivity contribution in [3.8, 4) is 11.5 Å². The predicted octanol–water partition coefficient (Wildman–Crippen LogP) is 5.27. The van der Waals surface area contributed by atoms with E-state index >= 15 is 0 Å². The number of hydrogen-bond donors (Lipinski definition) is 0. The van der Waals surface area contributed by atoms with Crippen LogP contribution in [0.25, 0.3) is 10.2 Å². The number of amides is 1. The fourth-order valence-corrected chi connectivity index (χ4v) is 4.90. The summed E-state index contributed by atoms with van der Waals surface area (Å²) < 4.78 is 17.6. The van der Waals surface area contributed by atoms with Crippen LogP contribution in [0.2, 0.25) is 0 Å². The number of rotatable bonds is 11. The first-order chi connectivity index (χ1) is 16.7. The molecule has 4 rings (SSSR count). The summed E-state index contributed by atoms with van der Waals surface area (Å²) in [7, 11) is 1.65. The normalized spacial score (nSPS) is 13.9. The van der Waals surface area contributed by atoms with E-state index in [0.29, 0.717) is 23.8 Å². The Labute approximate surface area is 217 Å². The molecular formula is C26H34ClN3O4S. The number of carbonyl (C=O) groups excluding carboxylic acids is 1. The van der Waals surface area contributed by atoms with Gasteiger partial charge in [0.05, 0.1) is 37.1 Å². The summed E-state index contributed by atoms with van der Waals surface area (Å²) in [6, 6.07) is 13.2. The molecule has 2 heterocycles. The maximum atomic E-state index is 13.6. The van der Waals surface area contributed by atoms with Crippen molar-refractivity contribution >= 4 is 45.0 Å². The van der Waals surface area contributed by atoms with Gasteiger partial charge in [0.25, 0.3) is 5.91 Å². The number of ether oxygens (including phenoxy) is 3. The molecule has 2 aromatic carbocycles. The van der Waals surface area contributed by atoms with Crippen LogP contribution in [0.3, 0.4) is 0 Å². The lowest BCUT2D eigenvalue weighted by molar-refractivity contribution is 0.0376. The Morgan fingerprint density at radius 2 is 1.86 bits per heavy atom. The second-order valence-electron chi connectivity index (χ2n) is 8.32. The summed E-state index contributed by atoms with van der Waals surface area (Å²) >= 11 is 1.52. The molecule has 0 aliphatic carbocycles. The van der Waals surface area contributed by atoms with Gasteiger partial charge in [0.1, 0.15) is 11.5 Å². The van der Waals surface area contributed by atoms with Gasteiger partial charge in [-0.2, -0.15) is 0 Å². The van der Waals surface area contributed by atoms with Gasteiger partial charge >= 0.3 is 0 Å². The van der Waals surface area contributed by atoms with Crippen molar-refractivity contribution in [3.63, 3.8) is 0 Å². The van der Waals surface area contributed by atoms with E-state index in [4.69, 9.17) is 19.2 Å². The number of morpholine rings is 1. The SMILES string of the molecule is CCCCOc1ccc(C(=O)N(CCCN2CCOCC2)c2nc3ccc(OC)cc3s2)cc1.Cl. The first-order valence-corrected chi connectivity index (χ1v) is 12.8. The molecule has 7 nitrogen and oxygen atoms in total. The van der Waals surface area contributed by atoms with Gasteiger partial charge in [0.15, 0.2) is 5.13 Å². The van der Waals surface area contributed by atoms with E-state index in [1.54, 1.807) is 7.11 Å². The minimum atomic E-state index is -0.0480. The Hall–Kier alpha value is -2.39. The second kappa shape index (κ2) is 13.6. The highest BCUT2D eigenvalue weighted by Gasteiger charge is 2.22. The van der Waals surface area contributed by atoms with Crippen LogP contribution in [0.1, 0.15) is 36.5 Å². The van der Waals surface area contributed by atoms with Gasteiger partial charge in [-0.15, -0.1) is 12.4 Å². The van der Waals surface area contributed by atoms with Crippen LogP contribution >= 0.6 is 23.7 Å². The Balaban J connectivity index is 0.00000342. The summed E-state index contributed by atoms with van der Waals surface area (Å²) in [5, 5.41) is 0.707. The number of carbonyl (C=O) groups is 1. The topological polar surface area (TPSA) is 64.1 Å². The van der Waals surface area contributed by atoms with Crippen molar-refractivity contribution in [2.24, 2.45) is 0 Å². The van der Waals surface area contributed by atoms with E-state index < -0.39 is 0 Å². The van der Waals surface area contributed by atoms with Crippen molar-refractivity contribution in [3.05, 3.63) is 48.0 Å². The Morgan fingerprint density at radius 1 is 1.11 bits per heavy atom. The Bertz CT molecular complexity index is 1070. The van der Waals surface area contributed by atoms with E-state index in [-0.39, 0.29) is 18.3 Å². The zero-order chi connectivity index (χ0) is 23.8. The molecule has 1 amide bonds. The van der Waals surface area contributed by atoms with Crippen LogP contribution in [0.4, 0.5) is 5.13 Å². The number of fused-ring (bicyclic) bond motifs is 1. The van der Waals surface area contributed by atoms with Crippen LogP contribution in [0.5, 0.6) is 11.5 Å². The van der Waals surface area contributed by atoms with Gasteiger partial charge in [0, 0.05) is 31.7 Å². The zero-order valence-electron chi connectivity index (χ0n) is 20.4. The fourth-order valence-electron chi connectivity index (χ4n) is 3.88. The maximum Gasteiger partial charge on any atom is 0.260 e. The number of hydrogen-bond acceptors (Lipinski definition) is 7. The molecule has 1 saturated heterocycles. The lowest BCUT2D eigenvalue weighted by Gasteiger charge is -2.27. The largest absolute Gasteiger partial charge is 0.497 e. The molecular weight excluding hydrogens is 486 g/mol. The quantitative estimate of drug-likeness (QED) is 0.321. The first kappa shape index (κ1) is 27.2. The molecule has 1 aliphatic rings. The highest BCUT2D eigenvalue weighted by atomic mass is 35.5. The summed E-state index contributed by atoms with van der Waals surface area (Å²) in [4.78, 5) is 22.6. The molecule has 0 spiro atoms. The standard InChI is InChI=1S/C26H33N3O4S.ClH/c1-3-4-16-33-21-8-6-20(7-9-21)25(30)29(13-5-12-28-14-17-32-18-15-28)26-27-23-11-10-22(31-2)19-24(23)34-26;/h6-11,19H,3-5,12-18H2,1-2H3;1H. The lowest BCUT2D eigenvalue weighted by Crippen LogP contribution is -2.39. The van der Waals surface area contributed by atoms with Crippen LogP contribution < -0.4 is 14.4 Å². The highest BCUT2D eigenvalue weighted by Crippen LogP contribution is 2.32. The molecule has 9 heteroatoms. The number of benzene rings is 2. The van der Waals surface area contributed by atoms with Gasteiger partial charge in [-0.05, 0) is 55.3 Å².